The Morgan fingerprint density at radius 3 is 2.74 bits per heavy atom. The molecular formula is C27H27N3O. The number of hydrogen-bond donors (Lipinski definition) is 1. The third kappa shape index (κ3) is 4.11. The lowest BCUT2D eigenvalue weighted by atomic mass is 9.90. The number of amides is 1. The van der Waals surface area contributed by atoms with E-state index < -0.39 is 0 Å². The van der Waals surface area contributed by atoms with E-state index in [0.29, 0.717) is 19.0 Å². The predicted molar refractivity (Wildman–Crippen MR) is 125 cm³/mol. The molecule has 1 fully saturated rings. The molecule has 1 N–H and O–H groups in total. The molecule has 31 heavy (non-hydrogen) atoms. The molecule has 1 saturated carbocycles. The summed E-state index contributed by atoms with van der Waals surface area (Å²) >= 11 is 0. The zero-order valence-corrected chi connectivity index (χ0v) is 17.6. The van der Waals surface area contributed by atoms with Crippen LogP contribution in [0.4, 0.5) is 0 Å². The fourth-order valence-corrected chi connectivity index (χ4v) is 4.46. The van der Waals surface area contributed by atoms with E-state index in [1.165, 1.54) is 12.0 Å². The van der Waals surface area contributed by atoms with Crippen LogP contribution in [0.2, 0.25) is 0 Å². The van der Waals surface area contributed by atoms with E-state index in [4.69, 9.17) is 0 Å². The SMILES string of the molecule is O=C(Cc1c(C2=CC=CC=CC2)[nH]c2ccccc12)N(Cc1ccccn1)C1CCC1. The summed E-state index contributed by atoms with van der Waals surface area (Å²) in [6.07, 6.45) is 16.9. The van der Waals surface area contributed by atoms with Gasteiger partial charge >= 0.3 is 0 Å². The third-order valence-corrected chi connectivity index (χ3v) is 6.35. The number of carbonyl (C=O) groups excluding carboxylic acids is 1. The van der Waals surface area contributed by atoms with Crippen LogP contribution in [0.3, 0.4) is 0 Å². The van der Waals surface area contributed by atoms with Crippen LogP contribution in [0, 0.1) is 0 Å². The van der Waals surface area contributed by atoms with Gasteiger partial charge in [-0.2, -0.15) is 0 Å². The molecule has 2 heterocycles. The molecule has 0 radical (unpaired) electrons. The van der Waals surface area contributed by atoms with Crippen LogP contribution in [0.25, 0.3) is 16.5 Å². The third-order valence-electron chi connectivity index (χ3n) is 6.35. The Morgan fingerprint density at radius 2 is 1.94 bits per heavy atom. The Kier molecular flexibility index (Phi) is 5.53. The van der Waals surface area contributed by atoms with E-state index in [0.717, 1.165) is 47.1 Å². The zero-order valence-electron chi connectivity index (χ0n) is 17.6. The summed E-state index contributed by atoms with van der Waals surface area (Å²) in [7, 11) is 0. The van der Waals surface area contributed by atoms with Gasteiger partial charge in [-0.25, -0.2) is 0 Å². The highest BCUT2D eigenvalue weighted by Crippen LogP contribution is 2.32. The monoisotopic (exact) mass is 409 g/mol. The quantitative estimate of drug-likeness (QED) is 0.577. The standard InChI is InChI=1S/C27H27N3O/c31-26(30(22-13-9-14-22)19-21-12-7-8-17-28-21)18-24-23-15-5-6-16-25(23)29-27(24)20-10-3-1-2-4-11-20/h1-8,10,12,15-17,22,29H,9,11,13-14,18-19H2. The molecule has 1 aromatic carbocycles. The van der Waals surface area contributed by atoms with Gasteiger partial charge in [0.25, 0.3) is 0 Å². The first kappa shape index (κ1) is 19.6. The predicted octanol–water partition coefficient (Wildman–Crippen LogP) is 5.59. The molecule has 0 bridgehead atoms. The lowest BCUT2D eigenvalue weighted by Crippen LogP contribution is -2.44. The van der Waals surface area contributed by atoms with Gasteiger partial charge in [0.05, 0.1) is 18.7 Å². The number of para-hydroxylation sites is 1. The van der Waals surface area contributed by atoms with E-state index in [-0.39, 0.29) is 5.91 Å². The summed E-state index contributed by atoms with van der Waals surface area (Å²) in [6.45, 7) is 0.580. The first-order valence-corrected chi connectivity index (χ1v) is 11.1. The van der Waals surface area contributed by atoms with E-state index in [1.807, 2.05) is 36.4 Å². The average Bonchev–Trinajstić information content (AvgIpc) is 2.93. The van der Waals surface area contributed by atoms with Crippen LogP contribution in [0.1, 0.15) is 42.6 Å². The molecule has 1 amide bonds. The Balaban J connectivity index is 1.49. The number of fused-ring (bicyclic) bond motifs is 1. The summed E-state index contributed by atoms with van der Waals surface area (Å²) in [5.41, 5.74) is 5.42. The van der Waals surface area contributed by atoms with Crippen molar-refractivity contribution in [3.63, 3.8) is 0 Å². The number of aromatic nitrogens is 2. The number of pyridine rings is 1. The molecule has 5 rings (SSSR count). The van der Waals surface area contributed by atoms with Crippen LogP contribution in [-0.4, -0.2) is 26.8 Å². The number of allylic oxidation sites excluding steroid dienone is 6. The van der Waals surface area contributed by atoms with Gasteiger partial charge in [-0.3, -0.25) is 9.78 Å². The van der Waals surface area contributed by atoms with Crippen molar-refractivity contribution in [3.8, 4) is 0 Å². The molecule has 3 aromatic rings. The second-order valence-corrected chi connectivity index (χ2v) is 8.34. The molecule has 0 spiro atoms. The van der Waals surface area contributed by atoms with Crippen LogP contribution >= 0.6 is 0 Å². The van der Waals surface area contributed by atoms with Gasteiger partial charge < -0.3 is 9.88 Å². The molecule has 0 saturated heterocycles. The van der Waals surface area contributed by atoms with Crippen molar-refractivity contribution in [1.82, 2.24) is 14.9 Å². The minimum absolute atomic E-state index is 0.182. The molecule has 2 aliphatic carbocycles. The highest BCUT2D eigenvalue weighted by atomic mass is 16.2. The lowest BCUT2D eigenvalue weighted by molar-refractivity contribution is -0.135. The lowest BCUT2D eigenvalue weighted by Gasteiger charge is -2.37. The Hall–Kier alpha value is -3.40. The molecule has 4 heteroatoms. The van der Waals surface area contributed by atoms with E-state index >= 15 is 0 Å². The highest BCUT2D eigenvalue weighted by molar-refractivity contribution is 5.94. The van der Waals surface area contributed by atoms with Gasteiger partial charge in [0, 0.05) is 28.8 Å². The van der Waals surface area contributed by atoms with Crippen LogP contribution in [0.5, 0.6) is 0 Å². The summed E-state index contributed by atoms with van der Waals surface area (Å²) in [5.74, 6) is 0.182. The first-order valence-electron chi connectivity index (χ1n) is 11.1. The van der Waals surface area contributed by atoms with E-state index in [9.17, 15) is 4.79 Å². The zero-order chi connectivity index (χ0) is 21.0. The summed E-state index contributed by atoms with van der Waals surface area (Å²) < 4.78 is 0. The van der Waals surface area contributed by atoms with Gasteiger partial charge in [-0.15, -0.1) is 0 Å². The van der Waals surface area contributed by atoms with Gasteiger partial charge in [0.2, 0.25) is 5.91 Å². The van der Waals surface area contributed by atoms with Crippen molar-refractivity contribution >= 4 is 22.4 Å². The number of H-pyrrole nitrogens is 1. The highest BCUT2D eigenvalue weighted by Gasteiger charge is 2.30. The fraction of sp³-hybridized carbons (Fsp3) is 0.259. The minimum atomic E-state index is 0.182. The molecule has 156 valence electrons. The molecule has 2 aliphatic rings. The number of nitrogens with zero attached hydrogens (tertiary/aromatic N) is 2. The topological polar surface area (TPSA) is 49.0 Å². The molecule has 2 aromatic heterocycles. The number of rotatable bonds is 6. The van der Waals surface area contributed by atoms with Crippen molar-refractivity contribution in [1.29, 1.82) is 0 Å². The van der Waals surface area contributed by atoms with Crippen molar-refractivity contribution in [2.75, 3.05) is 0 Å². The number of benzene rings is 1. The van der Waals surface area contributed by atoms with E-state index in [2.05, 4.69) is 51.3 Å². The van der Waals surface area contributed by atoms with Crippen molar-refractivity contribution in [2.45, 2.75) is 44.7 Å². The number of carbonyl (C=O) groups is 1. The van der Waals surface area contributed by atoms with Crippen molar-refractivity contribution < 1.29 is 4.79 Å². The van der Waals surface area contributed by atoms with Gasteiger partial charge in [0.15, 0.2) is 0 Å². The van der Waals surface area contributed by atoms with Gasteiger partial charge in [0.1, 0.15) is 0 Å². The van der Waals surface area contributed by atoms with Gasteiger partial charge in [-0.05, 0) is 55.0 Å². The first-order chi connectivity index (χ1) is 15.3. The number of nitrogens with one attached hydrogen (secondary N) is 1. The van der Waals surface area contributed by atoms with Crippen LogP contribution < -0.4 is 0 Å². The maximum atomic E-state index is 13.6. The average molecular weight is 410 g/mol. The van der Waals surface area contributed by atoms with Gasteiger partial charge in [-0.1, -0.05) is 54.6 Å². The molecule has 0 atom stereocenters. The molecule has 0 aliphatic heterocycles. The van der Waals surface area contributed by atoms with Crippen molar-refractivity contribution in [2.24, 2.45) is 0 Å². The maximum Gasteiger partial charge on any atom is 0.227 e. The largest absolute Gasteiger partial charge is 0.355 e. The second-order valence-electron chi connectivity index (χ2n) is 8.34. The molecule has 0 unspecified atom stereocenters. The Labute approximate surface area is 183 Å². The fourth-order valence-electron chi connectivity index (χ4n) is 4.46. The summed E-state index contributed by atoms with van der Waals surface area (Å²) in [5, 5.41) is 1.13. The normalized spacial score (nSPS) is 16.1. The van der Waals surface area contributed by atoms with E-state index in [1.54, 1.807) is 6.20 Å². The molecular weight excluding hydrogens is 382 g/mol. The summed E-state index contributed by atoms with van der Waals surface area (Å²) in [6, 6.07) is 14.5. The summed E-state index contributed by atoms with van der Waals surface area (Å²) in [4.78, 5) is 23.7. The second kappa shape index (κ2) is 8.76. The number of hydrogen-bond acceptors (Lipinski definition) is 2. The maximum absolute atomic E-state index is 13.6. The smallest absolute Gasteiger partial charge is 0.227 e. The van der Waals surface area contributed by atoms with Crippen molar-refractivity contribution in [3.05, 3.63) is 96.0 Å². The molecule has 4 nitrogen and oxygen atoms in total. The van der Waals surface area contributed by atoms with Crippen LogP contribution in [-0.2, 0) is 17.8 Å². The Bertz CT molecular complexity index is 1170. The Morgan fingerprint density at radius 1 is 1.06 bits per heavy atom. The minimum Gasteiger partial charge on any atom is -0.355 e. The number of aromatic amines is 1. The van der Waals surface area contributed by atoms with Crippen LogP contribution in [0.15, 0.2) is 79.0 Å².